The monoisotopic (exact) mass is 232 g/mol. The van der Waals surface area contributed by atoms with E-state index in [0.717, 1.165) is 13.1 Å². The molecule has 1 aliphatic carbocycles. The van der Waals surface area contributed by atoms with Gasteiger partial charge in [-0.05, 0) is 60.9 Å². The zero-order chi connectivity index (χ0) is 12.3. The minimum absolute atomic E-state index is 0.559. The van der Waals surface area contributed by atoms with Gasteiger partial charge in [-0.15, -0.1) is 0 Å². The fourth-order valence-corrected chi connectivity index (χ4v) is 2.52. The van der Waals surface area contributed by atoms with Crippen molar-refractivity contribution in [2.24, 2.45) is 17.6 Å². The number of aryl methyl sites for hydroxylation is 2. The maximum atomic E-state index is 5.79. The summed E-state index contributed by atoms with van der Waals surface area (Å²) >= 11 is 0. The summed E-state index contributed by atoms with van der Waals surface area (Å²) in [5.74, 6) is 1.20. The Bertz CT molecular complexity index is 371. The minimum atomic E-state index is 0.559. The van der Waals surface area contributed by atoms with Gasteiger partial charge in [0.15, 0.2) is 0 Å². The highest BCUT2D eigenvalue weighted by molar-refractivity contribution is 5.50. The first-order valence-corrected chi connectivity index (χ1v) is 6.76. The van der Waals surface area contributed by atoms with Crippen molar-refractivity contribution in [2.45, 2.75) is 33.1 Å². The average Bonchev–Trinajstić information content (AvgIpc) is 2.76. The summed E-state index contributed by atoms with van der Waals surface area (Å²) in [7, 11) is 0. The second kappa shape index (κ2) is 5.54. The van der Waals surface area contributed by atoms with E-state index in [0.29, 0.717) is 11.8 Å². The van der Waals surface area contributed by atoms with E-state index in [1.165, 1.54) is 36.1 Å². The molecule has 1 aromatic rings. The SMILES string of the molecule is CC(C)C(CN)CNc1ccc2c(c1)CCC2. The van der Waals surface area contributed by atoms with Crippen molar-refractivity contribution in [1.82, 2.24) is 0 Å². The van der Waals surface area contributed by atoms with Crippen LogP contribution in [0.5, 0.6) is 0 Å². The molecule has 0 heterocycles. The van der Waals surface area contributed by atoms with Crippen LogP contribution in [0.3, 0.4) is 0 Å². The van der Waals surface area contributed by atoms with E-state index in [1.807, 2.05) is 0 Å². The first-order chi connectivity index (χ1) is 8.20. The fourth-order valence-electron chi connectivity index (χ4n) is 2.52. The molecule has 1 unspecified atom stereocenters. The summed E-state index contributed by atoms with van der Waals surface area (Å²) in [6, 6.07) is 6.80. The van der Waals surface area contributed by atoms with Gasteiger partial charge < -0.3 is 11.1 Å². The normalized spacial score (nSPS) is 16.0. The third kappa shape index (κ3) is 3.01. The highest BCUT2D eigenvalue weighted by Gasteiger charge is 2.13. The zero-order valence-corrected chi connectivity index (χ0v) is 11.0. The largest absolute Gasteiger partial charge is 0.385 e. The van der Waals surface area contributed by atoms with Crippen LogP contribution in [0.25, 0.3) is 0 Å². The van der Waals surface area contributed by atoms with Gasteiger partial charge in [-0.25, -0.2) is 0 Å². The Morgan fingerprint density at radius 1 is 1.24 bits per heavy atom. The van der Waals surface area contributed by atoms with Gasteiger partial charge in [0.25, 0.3) is 0 Å². The van der Waals surface area contributed by atoms with Crippen LogP contribution in [0.15, 0.2) is 18.2 Å². The number of anilines is 1. The molecule has 0 bridgehead atoms. The van der Waals surface area contributed by atoms with Gasteiger partial charge in [0, 0.05) is 12.2 Å². The van der Waals surface area contributed by atoms with Crippen molar-refractivity contribution in [2.75, 3.05) is 18.4 Å². The molecule has 17 heavy (non-hydrogen) atoms. The second-order valence-corrected chi connectivity index (χ2v) is 5.46. The number of nitrogens with one attached hydrogen (secondary N) is 1. The number of rotatable bonds is 5. The molecule has 1 aliphatic rings. The highest BCUT2D eigenvalue weighted by atomic mass is 14.9. The van der Waals surface area contributed by atoms with Crippen LogP contribution in [0.1, 0.15) is 31.4 Å². The predicted molar refractivity (Wildman–Crippen MR) is 74.3 cm³/mol. The van der Waals surface area contributed by atoms with Crippen LogP contribution in [-0.2, 0) is 12.8 Å². The number of benzene rings is 1. The van der Waals surface area contributed by atoms with E-state index in [2.05, 4.69) is 37.4 Å². The summed E-state index contributed by atoms with van der Waals surface area (Å²) in [5.41, 5.74) is 10.1. The first kappa shape index (κ1) is 12.4. The molecule has 1 atom stereocenters. The zero-order valence-electron chi connectivity index (χ0n) is 11.0. The molecule has 0 radical (unpaired) electrons. The molecular formula is C15H24N2. The van der Waals surface area contributed by atoms with Crippen LogP contribution in [0, 0.1) is 11.8 Å². The molecule has 0 amide bonds. The Balaban J connectivity index is 1.95. The number of hydrogen-bond donors (Lipinski definition) is 2. The molecule has 2 nitrogen and oxygen atoms in total. The predicted octanol–water partition coefficient (Wildman–Crippen LogP) is 2.82. The lowest BCUT2D eigenvalue weighted by Gasteiger charge is -2.20. The smallest absolute Gasteiger partial charge is 0.0343 e. The number of nitrogens with two attached hydrogens (primary N) is 1. The summed E-state index contributed by atoms with van der Waals surface area (Å²) in [6.07, 6.45) is 3.82. The highest BCUT2D eigenvalue weighted by Crippen LogP contribution is 2.25. The Hall–Kier alpha value is -1.02. The van der Waals surface area contributed by atoms with E-state index in [9.17, 15) is 0 Å². The molecular weight excluding hydrogens is 208 g/mol. The lowest BCUT2D eigenvalue weighted by atomic mass is 9.96. The Kier molecular flexibility index (Phi) is 4.06. The van der Waals surface area contributed by atoms with Gasteiger partial charge >= 0.3 is 0 Å². The van der Waals surface area contributed by atoms with Crippen LogP contribution in [0.4, 0.5) is 5.69 Å². The summed E-state index contributed by atoms with van der Waals surface area (Å²) in [6.45, 7) is 6.21. The van der Waals surface area contributed by atoms with Gasteiger partial charge in [0.2, 0.25) is 0 Å². The molecule has 3 N–H and O–H groups in total. The molecule has 1 aromatic carbocycles. The second-order valence-electron chi connectivity index (χ2n) is 5.46. The maximum absolute atomic E-state index is 5.79. The van der Waals surface area contributed by atoms with E-state index >= 15 is 0 Å². The minimum Gasteiger partial charge on any atom is -0.385 e. The summed E-state index contributed by atoms with van der Waals surface area (Å²) in [4.78, 5) is 0. The molecule has 2 heteroatoms. The molecule has 0 spiro atoms. The lowest BCUT2D eigenvalue weighted by Crippen LogP contribution is -2.27. The van der Waals surface area contributed by atoms with Crippen LogP contribution < -0.4 is 11.1 Å². The molecule has 0 saturated heterocycles. The van der Waals surface area contributed by atoms with Gasteiger partial charge in [-0.1, -0.05) is 19.9 Å². The lowest BCUT2D eigenvalue weighted by molar-refractivity contribution is 0.413. The van der Waals surface area contributed by atoms with Crippen LogP contribution >= 0.6 is 0 Å². The molecule has 0 aromatic heterocycles. The molecule has 94 valence electrons. The van der Waals surface area contributed by atoms with E-state index < -0.39 is 0 Å². The Morgan fingerprint density at radius 3 is 2.71 bits per heavy atom. The molecule has 0 saturated carbocycles. The standard InChI is InChI=1S/C15H24N2/c1-11(2)14(9-16)10-17-15-7-6-12-4-3-5-13(12)8-15/h6-8,11,14,17H,3-5,9-10,16H2,1-2H3. The van der Waals surface area contributed by atoms with Crippen molar-refractivity contribution in [3.63, 3.8) is 0 Å². The van der Waals surface area contributed by atoms with Gasteiger partial charge in [-0.2, -0.15) is 0 Å². The van der Waals surface area contributed by atoms with E-state index in [1.54, 1.807) is 0 Å². The van der Waals surface area contributed by atoms with Crippen molar-refractivity contribution in [1.29, 1.82) is 0 Å². The van der Waals surface area contributed by atoms with Crippen LogP contribution in [0.2, 0.25) is 0 Å². The number of hydrogen-bond acceptors (Lipinski definition) is 2. The van der Waals surface area contributed by atoms with E-state index in [4.69, 9.17) is 5.73 Å². The first-order valence-electron chi connectivity index (χ1n) is 6.76. The van der Waals surface area contributed by atoms with Gasteiger partial charge in [-0.3, -0.25) is 0 Å². The van der Waals surface area contributed by atoms with Crippen LogP contribution in [-0.4, -0.2) is 13.1 Å². The van der Waals surface area contributed by atoms with Gasteiger partial charge in [0.1, 0.15) is 0 Å². The summed E-state index contributed by atoms with van der Waals surface area (Å²) < 4.78 is 0. The molecule has 0 fully saturated rings. The number of fused-ring (bicyclic) bond motifs is 1. The quantitative estimate of drug-likeness (QED) is 0.819. The van der Waals surface area contributed by atoms with E-state index in [-0.39, 0.29) is 0 Å². The average molecular weight is 232 g/mol. The summed E-state index contributed by atoms with van der Waals surface area (Å²) in [5, 5.41) is 3.53. The topological polar surface area (TPSA) is 38.0 Å². The fraction of sp³-hybridized carbons (Fsp3) is 0.600. The third-order valence-electron chi connectivity index (χ3n) is 3.91. The van der Waals surface area contributed by atoms with Crippen molar-refractivity contribution < 1.29 is 0 Å². The molecule has 2 rings (SSSR count). The molecule has 0 aliphatic heterocycles. The van der Waals surface area contributed by atoms with Crippen molar-refractivity contribution in [3.05, 3.63) is 29.3 Å². The maximum Gasteiger partial charge on any atom is 0.0343 e. The van der Waals surface area contributed by atoms with Crippen molar-refractivity contribution in [3.8, 4) is 0 Å². The third-order valence-corrected chi connectivity index (χ3v) is 3.91. The Labute approximate surface area is 105 Å². The van der Waals surface area contributed by atoms with Crippen molar-refractivity contribution >= 4 is 5.69 Å². The van der Waals surface area contributed by atoms with Gasteiger partial charge in [0.05, 0.1) is 0 Å². The Morgan fingerprint density at radius 2 is 2.00 bits per heavy atom.